The molecule has 0 heterocycles. The summed E-state index contributed by atoms with van der Waals surface area (Å²) in [7, 11) is -9.76. The van der Waals surface area contributed by atoms with Crippen molar-refractivity contribution >= 4 is 91.0 Å². The first-order valence-corrected chi connectivity index (χ1v) is 40.3. The van der Waals surface area contributed by atoms with Crippen molar-refractivity contribution in [2.45, 2.75) is 113 Å². The summed E-state index contributed by atoms with van der Waals surface area (Å²) in [6.45, 7) is 7.96. The molecule has 0 radical (unpaired) electrons. The fourth-order valence-corrected chi connectivity index (χ4v) is 13.0. The Balaban J connectivity index is 0.574. The van der Waals surface area contributed by atoms with Crippen LogP contribution in [0.2, 0.25) is 0 Å². The van der Waals surface area contributed by atoms with Crippen molar-refractivity contribution in [1.29, 1.82) is 0 Å². The van der Waals surface area contributed by atoms with Gasteiger partial charge in [-0.3, -0.25) is 28.3 Å². The molecule has 24 nitrogen and oxygen atoms in total. The molecule has 0 aliphatic carbocycles. The number of benzene rings is 10. The minimum atomic E-state index is -4.88. The number of hydrogen-bond acceptors (Lipinski definition) is 22. The van der Waals surface area contributed by atoms with Gasteiger partial charge in [-0.1, -0.05) is 149 Å². The number of azo groups is 2. The number of carbonyl (C=O) groups excluding carboxylic acids is 6. The van der Waals surface area contributed by atoms with Crippen LogP contribution in [0.3, 0.4) is 0 Å². The molecule has 0 atom stereocenters. The van der Waals surface area contributed by atoms with Crippen LogP contribution < -0.4 is 37.9 Å². The van der Waals surface area contributed by atoms with Gasteiger partial charge in [-0.25, -0.2) is 9.59 Å². The molecule has 0 aliphatic heterocycles. The van der Waals surface area contributed by atoms with E-state index < -0.39 is 53.9 Å². The van der Waals surface area contributed by atoms with Gasteiger partial charge in [0.15, 0.2) is 0 Å². The largest absolute Gasteiger partial charge is 0.490 e. The second-order valence-corrected chi connectivity index (χ2v) is 29.2. The summed E-state index contributed by atoms with van der Waals surface area (Å²) in [5, 5.41) is 16.5. The van der Waals surface area contributed by atoms with Crippen molar-refractivity contribution in [2.75, 3.05) is 13.2 Å². The molecular weight excluding hydrogens is 1520 g/mol. The van der Waals surface area contributed by atoms with Gasteiger partial charge >= 0.3 is 35.8 Å². The topological polar surface area (TPSA) is 334 Å². The number of ether oxygens (including phenoxy) is 8. The second-order valence-electron chi connectivity index (χ2n) is 26.4. The average molecular weight is 1610 g/mol. The Kier molecular flexibility index (Phi) is 31.8. The maximum absolute atomic E-state index is 12.7. The minimum absolute atomic E-state index is 0.0312. The molecule has 0 aliphatic rings. The highest BCUT2D eigenvalue weighted by atomic mass is 32.2. The van der Waals surface area contributed by atoms with Gasteiger partial charge in [-0.2, -0.15) is 37.3 Å². The van der Waals surface area contributed by atoms with E-state index in [2.05, 4.69) is 33.6 Å². The van der Waals surface area contributed by atoms with Crippen LogP contribution in [-0.2, 0) is 39.4 Å². The molecule has 0 spiro atoms. The van der Waals surface area contributed by atoms with Gasteiger partial charge in [0, 0.05) is 25.7 Å². The molecule has 0 bridgehead atoms. The number of nitrogens with zero attached hydrogens (tertiary/aromatic N) is 4. The van der Waals surface area contributed by atoms with Crippen LogP contribution in [0.1, 0.15) is 135 Å². The number of hydrogen-bond donors (Lipinski definition) is 2. The van der Waals surface area contributed by atoms with E-state index in [9.17, 15) is 54.7 Å². The Morgan fingerprint density at radius 3 is 0.793 bits per heavy atom. The molecule has 0 saturated carbocycles. The van der Waals surface area contributed by atoms with E-state index in [-0.39, 0.29) is 71.6 Å². The summed E-state index contributed by atoms with van der Waals surface area (Å²) < 4.78 is 115. The van der Waals surface area contributed by atoms with Crippen molar-refractivity contribution < 1.29 is 92.6 Å². The zero-order valence-corrected chi connectivity index (χ0v) is 64.9. The Bertz CT molecular complexity index is 5030. The Labute approximate surface area is 672 Å². The van der Waals surface area contributed by atoms with Crippen LogP contribution >= 0.6 is 0 Å². The highest BCUT2D eigenvalue weighted by molar-refractivity contribution is 7.86. The standard InChI is InChI=1S/C90H84N4O20S2/c1-3-59-107-75-43-33-69(34-44-75)89(99)113-81-51-29-65(30-52-81)63-25-47-77(48-26-63)109-85(95)17-13-9-5-7-11-15-19-87(97)111-79-55-39-71(40-56-79)91-93-73-37-23-67(83(61-73)115(101,102)103)21-22-68-24-38-74(62-84(68)116(104,105)106)94-92-72-41-57-80(58-42-72)112-88(98)20-16-12-8-6-10-14-18-86(96)110-78-49-27-64(28-50-78)66-31-53-82(54-32-66)114-90(100)70-35-45-76(46-36-70)108-60-4-2/h3-4,21-58,61-62H,1-2,5-20,59-60H2,(H,101,102,103)(H,104,105,106)/b22-21+,93-91?,94-92?. The van der Waals surface area contributed by atoms with Crippen LogP contribution in [0.4, 0.5) is 22.7 Å². The molecule has 10 rings (SSSR count). The average Bonchev–Trinajstić information content (AvgIpc) is 0.805. The maximum atomic E-state index is 12.7. The monoisotopic (exact) mass is 1600 g/mol. The summed E-state index contributed by atoms with van der Waals surface area (Å²) in [6.07, 6.45) is 15.8. The third-order valence-electron chi connectivity index (χ3n) is 17.6. The fourth-order valence-electron chi connectivity index (χ4n) is 11.6. The van der Waals surface area contributed by atoms with Gasteiger partial charge in [0.2, 0.25) is 0 Å². The predicted octanol–water partition coefficient (Wildman–Crippen LogP) is 21.3. The quantitative estimate of drug-likeness (QED) is 0.00682. The van der Waals surface area contributed by atoms with Crippen LogP contribution in [0.5, 0.6) is 46.0 Å². The van der Waals surface area contributed by atoms with E-state index >= 15 is 0 Å². The summed E-state index contributed by atoms with van der Waals surface area (Å²) in [6, 6.07) is 61.6. The Morgan fingerprint density at radius 1 is 0.293 bits per heavy atom. The molecule has 0 unspecified atom stereocenters. The molecule has 26 heteroatoms. The van der Waals surface area contributed by atoms with Crippen molar-refractivity contribution in [3.8, 4) is 68.2 Å². The second kappa shape index (κ2) is 43.2. The number of unbranched alkanes of at least 4 members (excludes halogenated alkanes) is 10. The van der Waals surface area contributed by atoms with E-state index in [1.807, 2.05) is 48.5 Å². The molecular formula is C90H84N4O20S2. The van der Waals surface area contributed by atoms with E-state index in [4.69, 9.17) is 37.9 Å². The normalized spacial score (nSPS) is 11.4. The van der Waals surface area contributed by atoms with Gasteiger partial charge in [0.25, 0.3) is 20.2 Å². The van der Waals surface area contributed by atoms with Crippen LogP contribution in [0.15, 0.2) is 286 Å². The smallest absolute Gasteiger partial charge is 0.343 e. The van der Waals surface area contributed by atoms with Crippen LogP contribution in [-0.4, -0.2) is 75.0 Å². The minimum Gasteiger partial charge on any atom is -0.490 e. The van der Waals surface area contributed by atoms with E-state index in [1.165, 1.54) is 84.9 Å². The number of esters is 6. The van der Waals surface area contributed by atoms with Crippen molar-refractivity contribution in [1.82, 2.24) is 0 Å². The Morgan fingerprint density at radius 2 is 0.526 bits per heavy atom. The molecule has 0 aromatic heterocycles. The summed E-state index contributed by atoms with van der Waals surface area (Å²) >= 11 is 0. The summed E-state index contributed by atoms with van der Waals surface area (Å²) in [5.74, 6) is 0.928. The first kappa shape index (κ1) is 85.3. The van der Waals surface area contributed by atoms with Crippen molar-refractivity contribution in [3.05, 3.63) is 278 Å². The molecule has 10 aromatic rings. The number of rotatable bonds is 42. The first-order chi connectivity index (χ1) is 56.1. The molecule has 596 valence electrons. The van der Waals surface area contributed by atoms with Crippen molar-refractivity contribution in [3.63, 3.8) is 0 Å². The summed E-state index contributed by atoms with van der Waals surface area (Å²) in [5.41, 5.74) is 4.90. The Hall–Kier alpha value is -13.1. The zero-order chi connectivity index (χ0) is 82.1. The lowest BCUT2D eigenvalue weighted by atomic mass is 10.1. The third-order valence-corrected chi connectivity index (χ3v) is 19.4. The molecule has 116 heavy (non-hydrogen) atoms. The zero-order valence-electron chi connectivity index (χ0n) is 63.2. The van der Waals surface area contributed by atoms with Gasteiger partial charge < -0.3 is 37.9 Å². The van der Waals surface area contributed by atoms with Crippen LogP contribution in [0.25, 0.3) is 34.4 Å². The molecule has 0 amide bonds. The van der Waals surface area contributed by atoms with Gasteiger partial charge in [-0.05, 0) is 229 Å². The SMILES string of the molecule is C=CCOc1ccc(C(=O)Oc2ccc(-c3ccc(OC(=O)CCCCCCCCC(=O)Oc4ccc(N=Nc5ccc(/C=C/c6ccc(N=Nc7ccc(OC(=O)CCCCCCCCC(=O)Oc8ccc(-c9ccc(OC(=O)c%10ccc(OCC=C)cc%10)cc9)cc8)cc7)cc6S(=O)(=O)O)c(S(=O)(=O)O)c5)cc4)cc3)cc2)cc1. The number of carbonyl (C=O) groups is 6. The highest BCUT2D eigenvalue weighted by Crippen LogP contribution is 2.33. The molecule has 2 N–H and O–H groups in total. The lowest BCUT2D eigenvalue weighted by Crippen LogP contribution is -2.08. The summed E-state index contributed by atoms with van der Waals surface area (Å²) in [4.78, 5) is 74.6. The van der Waals surface area contributed by atoms with Gasteiger partial charge in [-0.15, -0.1) is 0 Å². The lowest BCUT2D eigenvalue weighted by molar-refractivity contribution is -0.135. The van der Waals surface area contributed by atoms with Crippen molar-refractivity contribution in [2.24, 2.45) is 20.5 Å². The third kappa shape index (κ3) is 27.9. The molecule has 0 fully saturated rings. The van der Waals surface area contributed by atoms with Crippen LogP contribution in [0, 0.1) is 0 Å². The van der Waals surface area contributed by atoms with Gasteiger partial charge in [0.1, 0.15) is 69.0 Å². The maximum Gasteiger partial charge on any atom is 0.343 e. The highest BCUT2D eigenvalue weighted by Gasteiger charge is 2.20. The predicted molar refractivity (Wildman–Crippen MR) is 437 cm³/mol. The van der Waals surface area contributed by atoms with E-state index in [0.29, 0.717) is 95.9 Å². The van der Waals surface area contributed by atoms with Gasteiger partial charge in [0.05, 0.1) is 33.9 Å². The lowest BCUT2D eigenvalue weighted by Gasteiger charge is -2.08. The van der Waals surface area contributed by atoms with E-state index in [1.54, 1.807) is 109 Å². The molecule has 0 saturated heterocycles. The first-order valence-electron chi connectivity index (χ1n) is 37.4. The molecule has 10 aromatic carbocycles. The van der Waals surface area contributed by atoms with E-state index in [0.717, 1.165) is 85.8 Å². The fraction of sp³-hybridized carbons (Fsp3) is 0.200.